The molecule has 6 heteroatoms. The van der Waals surface area contributed by atoms with Gasteiger partial charge in [-0.15, -0.1) is 11.3 Å². The first-order chi connectivity index (χ1) is 11.0. The molecule has 0 aliphatic rings. The lowest BCUT2D eigenvalue weighted by Gasteiger charge is -2.17. The van der Waals surface area contributed by atoms with Gasteiger partial charge >= 0.3 is 0 Å². The summed E-state index contributed by atoms with van der Waals surface area (Å²) in [6.45, 7) is 4.34. The molecule has 3 rings (SSSR count). The molecule has 0 saturated heterocycles. The van der Waals surface area contributed by atoms with Gasteiger partial charge < -0.3 is 9.32 Å². The Hall–Kier alpha value is -2.47. The molecular formula is C17H17N3O2S. The van der Waals surface area contributed by atoms with Crippen LogP contribution in [0, 0.1) is 13.8 Å². The topological polar surface area (TPSA) is 59.2 Å². The summed E-state index contributed by atoms with van der Waals surface area (Å²) in [4.78, 5) is 24.1. The van der Waals surface area contributed by atoms with E-state index in [9.17, 15) is 4.79 Å². The molecule has 23 heavy (non-hydrogen) atoms. The molecule has 0 N–H and O–H groups in total. The van der Waals surface area contributed by atoms with E-state index in [-0.39, 0.29) is 5.91 Å². The van der Waals surface area contributed by atoms with Crippen molar-refractivity contribution in [3.05, 3.63) is 57.9 Å². The first-order valence-electron chi connectivity index (χ1n) is 7.23. The van der Waals surface area contributed by atoms with Crippen molar-refractivity contribution >= 4 is 17.2 Å². The molecule has 0 unspecified atom stereocenters. The Morgan fingerprint density at radius 1 is 1.30 bits per heavy atom. The Balaban J connectivity index is 1.79. The molecule has 0 saturated carbocycles. The maximum atomic E-state index is 12.6. The van der Waals surface area contributed by atoms with Crippen molar-refractivity contribution in [2.75, 3.05) is 7.05 Å². The number of pyridine rings is 1. The van der Waals surface area contributed by atoms with Crippen molar-refractivity contribution in [2.45, 2.75) is 20.4 Å². The van der Waals surface area contributed by atoms with Gasteiger partial charge in [0.05, 0.1) is 29.1 Å². The van der Waals surface area contributed by atoms with Crippen molar-refractivity contribution in [2.24, 2.45) is 0 Å². The average molecular weight is 327 g/mol. The Kier molecular flexibility index (Phi) is 4.25. The van der Waals surface area contributed by atoms with E-state index in [0.29, 0.717) is 23.6 Å². The van der Waals surface area contributed by atoms with Gasteiger partial charge in [0.2, 0.25) is 0 Å². The number of carbonyl (C=O) groups is 1. The summed E-state index contributed by atoms with van der Waals surface area (Å²) in [6.07, 6.45) is 3.42. The molecule has 0 aliphatic heterocycles. The third kappa shape index (κ3) is 3.32. The summed E-state index contributed by atoms with van der Waals surface area (Å²) in [5.41, 5.74) is 2.02. The second kappa shape index (κ2) is 6.34. The number of hydrogen-bond acceptors (Lipinski definition) is 5. The van der Waals surface area contributed by atoms with Crippen LogP contribution in [0.4, 0.5) is 0 Å². The first-order valence-corrected chi connectivity index (χ1v) is 8.04. The third-order valence-corrected chi connectivity index (χ3v) is 4.40. The summed E-state index contributed by atoms with van der Waals surface area (Å²) in [5, 5.41) is 1.00. The number of nitrogens with zero attached hydrogens (tertiary/aromatic N) is 3. The van der Waals surface area contributed by atoms with Gasteiger partial charge in [0.25, 0.3) is 5.91 Å². The minimum absolute atomic E-state index is 0.0490. The van der Waals surface area contributed by atoms with Crippen molar-refractivity contribution in [3.8, 4) is 11.5 Å². The van der Waals surface area contributed by atoms with Gasteiger partial charge in [-0.1, -0.05) is 0 Å². The molecule has 1 amide bonds. The number of hydrogen-bond donors (Lipinski definition) is 0. The zero-order valence-corrected chi connectivity index (χ0v) is 14.1. The minimum atomic E-state index is -0.0490. The standard InChI is InChI=1S/C17H17N3O2S/c1-11-14(6-7-15(19-11)16-5-4-8-22-16)17(21)20(3)10-13-9-18-12(2)23-13/h4-9H,10H2,1-3H3. The summed E-state index contributed by atoms with van der Waals surface area (Å²) in [5.74, 6) is 0.646. The molecular weight excluding hydrogens is 310 g/mol. The molecule has 3 aromatic heterocycles. The zero-order valence-electron chi connectivity index (χ0n) is 13.2. The SMILES string of the molecule is Cc1ncc(CN(C)C(=O)c2ccc(-c3ccco3)nc2C)s1. The molecule has 5 nitrogen and oxygen atoms in total. The molecule has 3 aromatic rings. The second-order valence-electron chi connectivity index (χ2n) is 5.31. The first kappa shape index (κ1) is 15.4. The van der Waals surface area contributed by atoms with Crippen LogP contribution >= 0.6 is 11.3 Å². The molecule has 0 bridgehead atoms. The molecule has 0 spiro atoms. The normalized spacial score (nSPS) is 10.7. The fourth-order valence-corrected chi connectivity index (χ4v) is 3.19. The highest BCUT2D eigenvalue weighted by Gasteiger charge is 2.17. The Bertz CT molecular complexity index is 824. The Labute approximate surface area is 138 Å². The second-order valence-corrected chi connectivity index (χ2v) is 6.63. The number of rotatable bonds is 4. The highest BCUT2D eigenvalue weighted by Crippen LogP contribution is 2.21. The molecule has 3 heterocycles. The van der Waals surface area contributed by atoms with E-state index >= 15 is 0 Å². The number of carbonyl (C=O) groups excluding carboxylic acids is 1. The lowest BCUT2D eigenvalue weighted by molar-refractivity contribution is 0.0785. The predicted molar refractivity (Wildman–Crippen MR) is 89.3 cm³/mol. The van der Waals surface area contributed by atoms with E-state index in [2.05, 4.69) is 9.97 Å². The molecule has 0 radical (unpaired) electrons. The zero-order chi connectivity index (χ0) is 16.4. The van der Waals surface area contributed by atoms with Crippen LogP contribution in [-0.4, -0.2) is 27.8 Å². The van der Waals surface area contributed by atoms with Crippen molar-refractivity contribution < 1.29 is 9.21 Å². The van der Waals surface area contributed by atoms with Gasteiger partial charge in [-0.2, -0.15) is 0 Å². The molecule has 118 valence electrons. The lowest BCUT2D eigenvalue weighted by Crippen LogP contribution is -2.26. The van der Waals surface area contributed by atoms with Gasteiger partial charge in [0.15, 0.2) is 5.76 Å². The fraction of sp³-hybridized carbons (Fsp3) is 0.235. The van der Waals surface area contributed by atoms with Crippen molar-refractivity contribution in [1.29, 1.82) is 0 Å². The highest BCUT2D eigenvalue weighted by molar-refractivity contribution is 7.11. The Morgan fingerprint density at radius 3 is 2.74 bits per heavy atom. The lowest BCUT2D eigenvalue weighted by atomic mass is 10.1. The molecule has 0 aromatic carbocycles. The third-order valence-electron chi connectivity index (χ3n) is 3.50. The summed E-state index contributed by atoms with van der Waals surface area (Å²) >= 11 is 1.60. The van der Waals surface area contributed by atoms with Crippen LogP contribution in [0.1, 0.15) is 25.9 Å². The van der Waals surface area contributed by atoms with Crippen LogP contribution in [0.5, 0.6) is 0 Å². The Morgan fingerprint density at radius 2 is 2.13 bits per heavy atom. The van der Waals surface area contributed by atoms with Crippen LogP contribution in [0.3, 0.4) is 0 Å². The van der Waals surface area contributed by atoms with E-state index in [1.54, 1.807) is 35.6 Å². The van der Waals surface area contributed by atoms with Gasteiger partial charge in [-0.3, -0.25) is 4.79 Å². The average Bonchev–Trinajstić information content (AvgIpc) is 3.18. The molecule has 0 atom stereocenters. The molecule has 0 aliphatic carbocycles. The number of aryl methyl sites for hydroxylation is 2. The van der Waals surface area contributed by atoms with E-state index in [4.69, 9.17) is 4.42 Å². The van der Waals surface area contributed by atoms with E-state index in [1.165, 1.54) is 0 Å². The van der Waals surface area contributed by atoms with E-state index in [0.717, 1.165) is 15.6 Å². The summed E-state index contributed by atoms with van der Waals surface area (Å²) in [6, 6.07) is 7.28. The van der Waals surface area contributed by atoms with Gasteiger partial charge in [0.1, 0.15) is 5.69 Å². The van der Waals surface area contributed by atoms with Gasteiger partial charge in [-0.05, 0) is 38.1 Å². The maximum Gasteiger partial charge on any atom is 0.255 e. The largest absolute Gasteiger partial charge is 0.463 e. The van der Waals surface area contributed by atoms with Crippen LogP contribution < -0.4 is 0 Å². The van der Waals surface area contributed by atoms with E-state index < -0.39 is 0 Å². The van der Waals surface area contributed by atoms with Gasteiger partial charge in [0, 0.05) is 18.1 Å². The van der Waals surface area contributed by atoms with Crippen LogP contribution in [0.25, 0.3) is 11.5 Å². The molecule has 0 fully saturated rings. The predicted octanol–water partition coefficient (Wildman–Crippen LogP) is 3.69. The summed E-state index contributed by atoms with van der Waals surface area (Å²) in [7, 11) is 1.79. The number of furan rings is 1. The highest BCUT2D eigenvalue weighted by atomic mass is 32.1. The van der Waals surface area contributed by atoms with Crippen LogP contribution in [0.15, 0.2) is 41.1 Å². The monoisotopic (exact) mass is 327 g/mol. The smallest absolute Gasteiger partial charge is 0.255 e. The van der Waals surface area contributed by atoms with Gasteiger partial charge in [-0.25, -0.2) is 9.97 Å². The quantitative estimate of drug-likeness (QED) is 0.733. The minimum Gasteiger partial charge on any atom is -0.463 e. The van der Waals surface area contributed by atoms with Crippen molar-refractivity contribution in [1.82, 2.24) is 14.9 Å². The number of thiazole rings is 1. The van der Waals surface area contributed by atoms with Crippen molar-refractivity contribution in [3.63, 3.8) is 0 Å². The van der Waals surface area contributed by atoms with Crippen LogP contribution in [-0.2, 0) is 6.54 Å². The van der Waals surface area contributed by atoms with E-state index in [1.807, 2.05) is 38.2 Å². The van der Waals surface area contributed by atoms with Crippen LogP contribution in [0.2, 0.25) is 0 Å². The number of aromatic nitrogens is 2. The maximum absolute atomic E-state index is 12.6. The summed E-state index contributed by atoms with van der Waals surface area (Å²) < 4.78 is 5.34. The fourth-order valence-electron chi connectivity index (χ4n) is 2.34. The number of amides is 1.